The second kappa shape index (κ2) is 3.85. The fourth-order valence-corrected chi connectivity index (χ4v) is 1.71. The van der Waals surface area contributed by atoms with Gasteiger partial charge in [0.25, 0.3) is 0 Å². The molecule has 2 atom stereocenters. The zero-order chi connectivity index (χ0) is 9.10. The molecule has 1 N–H and O–H groups in total. The molecule has 2 heterocycles. The maximum absolute atomic E-state index is 5.41. The molecule has 5 heteroatoms. The molecule has 0 aliphatic carbocycles. The third kappa shape index (κ3) is 1.71. The number of rotatable bonds is 2. The highest BCUT2D eigenvalue weighted by molar-refractivity contribution is 4.83. The Kier molecular flexibility index (Phi) is 2.56. The third-order valence-corrected chi connectivity index (χ3v) is 2.47. The molecule has 1 aliphatic rings. The summed E-state index contributed by atoms with van der Waals surface area (Å²) in [4.78, 5) is 3.93. The van der Waals surface area contributed by atoms with Crippen molar-refractivity contribution in [3.8, 4) is 0 Å². The van der Waals surface area contributed by atoms with Crippen molar-refractivity contribution in [1.82, 2.24) is 20.1 Å². The number of hydrogen-bond acceptors (Lipinski definition) is 4. The lowest BCUT2D eigenvalue weighted by Crippen LogP contribution is -2.42. The van der Waals surface area contributed by atoms with Crippen LogP contribution in [0.15, 0.2) is 12.7 Å². The summed E-state index contributed by atoms with van der Waals surface area (Å²) in [5, 5.41) is 7.40. The van der Waals surface area contributed by atoms with Crippen LogP contribution in [0.25, 0.3) is 0 Å². The first-order valence-corrected chi connectivity index (χ1v) is 4.51. The van der Waals surface area contributed by atoms with Crippen molar-refractivity contribution in [2.45, 2.75) is 18.5 Å². The third-order valence-electron chi connectivity index (χ3n) is 2.47. The van der Waals surface area contributed by atoms with Gasteiger partial charge in [-0.2, -0.15) is 5.10 Å². The number of aromatic nitrogens is 3. The Balaban J connectivity index is 2.11. The predicted octanol–water partition coefficient (Wildman–Crippen LogP) is -0.173. The van der Waals surface area contributed by atoms with Gasteiger partial charge in [0.05, 0.1) is 12.6 Å². The van der Waals surface area contributed by atoms with Gasteiger partial charge in [-0.15, -0.1) is 0 Å². The largest absolute Gasteiger partial charge is 0.379 e. The molecule has 1 aliphatic heterocycles. The molecule has 1 aromatic rings. The van der Waals surface area contributed by atoms with Gasteiger partial charge in [-0.1, -0.05) is 0 Å². The number of nitrogens with zero attached hydrogens (tertiary/aromatic N) is 3. The lowest BCUT2D eigenvalue weighted by atomic mass is 10.0. The van der Waals surface area contributed by atoms with Gasteiger partial charge >= 0.3 is 0 Å². The Morgan fingerprint density at radius 2 is 2.54 bits per heavy atom. The summed E-state index contributed by atoms with van der Waals surface area (Å²) in [5.74, 6) is 0. The van der Waals surface area contributed by atoms with E-state index >= 15 is 0 Å². The molecule has 13 heavy (non-hydrogen) atoms. The van der Waals surface area contributed by atoms with Crippen molar-refractivity contribution in [3.63, 3.8) is 0 Å². The first-order valence-electron chi connectivity index (χ1n) is 4.51. The molecule has 0 bridgehead atoms. The molecule has 72 valence electrons. The minimum atomic E-state index is 0.279. The minimum Gasteiger partial charge on any atom is -0.379 e. The predicted molar refractivity (Wildman–Crippen MR) is 47.3 cm³/mol. The van der Waals surface area contributed by atoms with Gasteiger partial charge in [-0.25, -0.2) is 9.67 Å². The van der Waals surface area contributed by atoms with Gasteiger partial charge in [0.15, 0.2) is 0 Å². The van der Waals surface area contributed by atoms with Crippen LogP contribution in [0.5, 0.6) is 0 Å². The molecular formula is C8H14N4O. The normalized spacial score (nSPS) is 29.0. The highest BCUT2D eigenvalue weighted by atomic mass is 16.5. The Morgan fingerprint density at radius 1 is 1.62 bits per heavy atom. The Morgan fingerprint density at radius 3 is 3.23 bits per heavy atom. The van der Waals surface area contributed by atoms with Crippen LogP contribution in [-0.4, -0.2) is 41.1 Å². The van der Waals surface area contributed by atoms with Gasteiger partial charge in [-0.3, -0.25) is 0 Å². The van der Waals surface area contributed by atoms with Gasteiger partial charge in [0, 0.05) is 12.6 Å². The van der Waals surface area contributed by atoms with Gasteiger partial charge in [-0.05, 0) is 13.5 Å². The second-order valence-corrected chi connectivity index (χ2v) is 3.20. The van der Waals surface area contributed by atoms with E-state index in [1.165, 1.54) is 0 Å². The van der Waals surface area contributed by atoms with Crippen LogP contribution < -0.4 is 5.32 Å². The fourth-order valence-electron chi connectivity index (χ4n) is 1.71. The Hall–Kier alpha value is -0.940. The van der Waals surface area contributed by atoms with Gasteiger partial charge in [0.2, 0.25) is 0 Å². The highest BCUT2D eigenvalue weighted by Crippen LogP contribution is 2.18. The van der Waals surface area contributed by atoms with E-state index in [-0.39, 0.29) is 6.04 Å². The molecule has 0 aromatic carbocycles. The summed E-state index contributed by atoms with van der Waals surface area (Å²) >= 11 is 0. The summed E-state index contributed by atoms with van der Waals surface area (Å²) in [6.45, 7) is 1.55. The average molecular weight is 182 g/mol. The van der Waals surface area contributed by atoms with Crippen LogP contribution in [-0.2, 0) is 4.74 Å². The van der Waals surface area contributed by atoms with E-state index in [0.717, 1.165) is 19.6 Å². The van der Waals surface area contributed by atoms with Crippen molar-refractivity contribution in [1.29, 1.82) is 0 Å². The van der Waals surface area contributed by atoms with E-state index in [1.54, 1.807) is 12.7 Å². The summed E-state index contributed by atoms with van der Waals surface area (Å²) < 4.78 is 7.27. The monoisotopic (exact) mass is 182 g/mol. The van der Waals surface area contributed by atoms with Crippen LogP contribution >= 0.6 is 0 Å². The summed E-state index contributed by atoms with van der Waals surface area (Å²) in [6, 6.07) is 0.719. The molecule has 2 unspecified atom stereocenters. The lowest BCUT2D eigenvalue weighted by molar-refractivity contribution is 0.0345. The maximum Gasteiger partial charge on any atom is 0.137 e. The molecule has 0 saturated carbocycles. The van der Waals surface area contributed by atoms with Crippen LogP contribution in [0.1, 0.15) is 12.5 Å². The van der Waals surface area contributed by atoms with Crippen molar-refractivity contribution < 1.29 is 4.74 Å². The van der Waals surface area contributed by atoms with Gasteiger partial charge < -0.3 is 10.1 Å². The number of nitrogens with one attached hydrogen (secondary N) is 1. The molecule has 0 spiro atoms. The quantitative estimate of drug-likeness (QED) is 0.689. The molecule has 1 saturated heterocycles. The smallest absolute Gasteiger partial charge is 0.137 e. The first-order chi connectivity index (χ1) is 6.42. The topological polar surface area (TPSA) is 52.0 Å². The Labute approximate surface area is 77.1 Å². The molecule has 2 rings (SSSR count). The zero-order valence-electron chi connectivity index (χ0n) is 7.68. The van der Waals surface area contributed by atoms with E-state index < -0.39 is 0 Å². The van der Waals surface area contributed by atoms with E-state index in [2.05, 4.69) is 15.4 Å². The van der Waals surface area contributed by atoms with Crippen LogP contribution in [0.3, 0.4) is 0 Å². The number of ether oxygens (including phenoxy) is 1. The second-order valence-electron chi connectivity index (χ2n) is 3.20. The van der Waals surface area contributed by atoms with Crippen LogP contribution in [0.2, 0.25) is 0 Å². The molecule has 1 fully saturated rings. The van der Waals surface area contributed by atoms with E-state index in [9.17, 15) is 0 Å². The Bertz CT molecular complexity index is 249. The molecule has 0 radical (unpaired) electrons. The van der Waals surface area contributed by atoms with E-state index in [0.29, 0.717) is 6.04 Å². The molecule has 1 aromatic heterocycles. The lowest BCUT2D eigenvalue weighted by Gasteiger charge is -2.30. The van der Waals surface area contributed by atoms with E-state index in [4.69, 9.17) is 4.74 Å². The van der Waals surface area contributed by atoms with Crippen LogP contribution in [0, 0.1) is 0 Å². The SMILES string of the molecule is CNC1CCOCC1n1cncn1. The highest BCUT2D eigenvalue weighted by Gasteiger charge is 2.26. The van der Waals surface area contributed by atoms with Crippen molar-refractivity contribution in [3.05, 3.63) is 12.7 Å². The zero-order valence-corrected chi connectivity index (χ0v) is 7.68. The number of likely N-dealkylation sites (N-methyl/N-ethyl adjacent to an activating group) is 1. The van der Waals surface area contributed by atoms with Crippen LogP contribution in [0.4, 0.5) is 0 Å². The summed E-state index contributed by atoms with van der Waals surface area (Å²) in [7, 11) is 1.97. The first kappa shape index (κ1) is 8.65. The van der Waals surface area contributed by atoms with E-state index in [1.807, 2.05) is 11.7 Å². The maximum atomic E-state index is 5.41. The van der Waals surface area contributed by atoms with Gasteiger partial charge in [0.1, 0.15) is 12.7 Å². The number of hydrogen-bond donors (Lipinski definition) is 1. The summed E-state index contributed by atoms with van der Waals surface area (Å²) in [5.41, 5.74) is 0. The molecular weight excluding hydrogens is 168 g/mol. The molecule has 0 amide bonds. The average Bonchev–Trinajstić information content (AvgIpc) is 2.70. The molecule has 5 nitrogen and oxygen atoms in total. The van der Waals surface area contributed by atoms with Crippen molar-refractivity contribution in [2.75, 3.05) is 20.3 Å². The standard InChI is InChI=1S/C8H14N4O/c1-9-7-2-3-13-4-8(7)12-6-10-5-11-12/h5-9H,2-4H2,1H3. The minimum absolute atomic E-state index is 0.279. The van der Waals surface area contributed by atoms with Crippen molar-refractivity contribution >= 4 is 0 Å². The van der Waals surface area contributed by atoms with Crippen molar-refractivity contribution in [2.24, 2.45) is 0 Å². The summed E-state index contributed by atoms with van der Waals surface area (Å²) in [6.07, 6.45) is 4.33. The fraction of sp³-hybridized carbons (Fsp3) is 0.750.